The zero-order valence-electron chi connectivity index (χ0n) is 15.0. The number of nitro groups is 1. The third-order valence-corrected chi connectivity index (χ3v) is 4.50. The van der Waals surface area contributed by atoms with Gasteiger partial charge in [-0.25, -0.2) is 4.98 Å². The number of rotatable bonds is 4. The Hall–Kier alpha value is -3.81. The number of amides is 1. The van der Waals surface area contributed by atoms with Crippen LogP contribution >= 0.6 is 0 Å². The van der Waals surface area contributed by atoms with E-state index in [1.165, 1.54) is 16.8 Å². The van der Waals surface area contributed by atoms with Crippen LogP contribution in [0, 0.1) is 28.4 Å². The van der Waals surface area contributed by atoms with Gasteiger partial charge in [0, 0.05) is 28.7 Å². The lowest BCUT2D eigenvalue weighted by atomic mass is 9.89. The standard InChI is InChI=1S/C17H17N7O4/c1-10-6-15(23-16(20-10)12(8-18)9-19-23)21-17(25)13(22-26)7-11-4-2-3-5-14(11)24(27)28/h6-7,9,14,26H,2-5H2,1H3,(H,21,25)/b11-7+,22-13+. The van der Waals surface area contributed by atoms with Gasteiger partial charge in [-0.15, -0.1) is 0 Å². The zero-order valence-corrected chi connectivity index (χ0v) is 15.0. The molecule has 2 N–H and O–H groups in total. The predicted octanol–water partition coefficient (Wildman–Crippen LogP) is 1.82. The molecule has 11 heteroatoms. The van der Waals surface area contributed by atoms with E-state index < -0.39 is 11.9 Å². The molecule has 2 heterocycles. The molecule has 0 radical (unpaired) electrons. The molecular weight excluding hydrogens is 366 g/mol. The number of carbonyl (C=O) groups excluding carboxylic acids is 1. The van der Waals surface area contributed by atoms with Gasteiger partial charge in [0.05, 0.1) is 6.20 Å². The lowest BCUT2D eigenvalue weighted by Gasteiger charge is -2.18. The molecule has 2 aromatic heterocycles. The number of nitrogens with one attached hydrogen (secondary N) is 1. The SMILES string of the molecule is Cc1cc(NC(=O)C(/C=C2\CCCCC2[N+](=O)[O-])=N/O)n2ncc(C#N)c2n1. The molecular formula is C17H17N7O4. The van der Waals surface area contributed by atoms with E-state index in [4.69, 9.17) is 5.26 Å². The summed E-state index contributed by atoms with van der Waals surface area (Å²) in [6.45, 7) is 1.69. The molecule has 0 bridgehead atoms. The Morgan fingerprint density at radius 2 is 2.36 bits per heavy atom. The summed E-state index contributed by atoms with van der Waals surface area (Å²) in [7, 11) is 0. The van der Waals surface area contributed by atoms with E-state index in [0.717, 1.165) is 12.8 Å². The van der Waals surface area contributed by atoms with Gasteiger partial charge in [-0.1, -0.05) is 5.16 Å². The van der Waals surface area contributed by atoms with Gasteiger partial charge in [0.25, 0.3) is 5.91 Å². The van der Waals surface area contributed by atoms with E-state index in [1.807, 2.05) is 6.07 Å². The highest BCUT2D eigenvalue weighted by Gasteiger charge is 2.29. The van der Waals surface area contributed by atoms with Crippen LogP contribution in [0.15, 0.2) is 29.1 Å². The number of carbonyl (C=O) groups is 1. The normalized spacial score (nSPS) is 18.8. The molecule has 2 aromatic rings. The molecule has 1 aliphatic rings. The average Bonchev–Trinajstić information content (AvgIpc) is 3.09. The Kier molecular flexibility index (Phi) is 5.30. The number of aryl methyl sites for hydroxylation is 1. The van der Waals surface area contributed by atoms with Crippen molar-refractivity contribution in [2.45, 2.75) is 38.6 Å². The van der Waals surface area contributed by atoms with Gasteiger partial charge in [0.1, 0.15) is 17.5 Å². The van der Waals surface area contributed by atoms with Gasteiger partial charge >= 0.3 is 0 Å². The molecule has 0 saturated heterocycles. The zero-order chi connectivity index (χ0) is 20.3. The van der Waals surface area contributed by atoms with Crippen LogP contribution in [0.3, 0.4) is 0 Å². The summed E-state index contributed by atoms with van der Waals surface area (Å²) in [6.07, 6.45) is 4.93. The molecule has 1 unspecified atom stereocenters. The maximum Gasteiger partial charge on any atom is 0.278 e. The second-order valence-corrected chi connectivity index (χ2v) is 6.39. The van der Waals surface area contributed by atoms with Crippen LogP contribution < -0.4 is 5.32 Å². The number of hydrogen-bond acceptors (Lipinski definition) is 8. The molecule has 1 atom stereocenters. The molecule has 3 rings (SSSR count). The van der Waals surface area contributed by atoms with Gasteiger partial charge in [-0.3, -0.25) is 14.9 Å². The Morgan fingerprint density at radius 1 is 1.57 bits per heavy atom. The van der Waals surface area contributed by atoms with E-state index in [-0.39, 0.29) is 27.7 Å². The summed E-state index contributed by atoms with van der Waals surface area (Å²) in [5.74, 6) is -0.536. The first kappa shape index (κ1) is 19.0. The quantitative estimate of drug-likeness (QED) is 0.352. The molecule has 0 spiro atoms. The highest BCUT2D eigenvalue weighted by molar-refractivity contribution is 6.47. The van der Waals surface area contributed by atoms with E-state index in [2.05, 4.69) is 20.6 Å². The van der Waals surface area contributed by atoms with Crippen molar-refractivity contribution in [1.29, 1.82) is 5.26 Å². The molecule has 144 valence electrons. The maximum absolute atomic E-state index is 12.6. The first-order valence-corrected chi connectivity index (χ1v) is 8.57. The number of nitrogens with zero attached hydrogens (tertiary/aromatic N) is 6. The van der Waals surface area contributed by atoms with Gasteiger partial charge in [-0.05, 0) is 32.3 Å². The number of oxime groups is 1. The molecule has 1 aliphatic carbocycles. The minimum absolute atomic E-state index is 0.225. The van der Waals surface area contributed by atoms with E-state index in [9.17, 15) is 20.1 Å². The summed E-state index contributed by atoms with van der Waals surface area (Å²) in [6, 6.07) is 2.62. The second-order valence-electron chi connectivity index (χ2n) is 6.39. The summed E-state index contributed by atoms with van der Waals surface area (Å²) in [5.41, 5.74) is 1.16. The largest absolute Gasteiger partial charge is 0.410 e. The number of anilines is 1. The topological polar surface area (TPSA) is 159 Å². The molecule has 0 aliphatic heterocycles. The molecule has 28 heavy (non-hydrogen) atoms. The van der Waals surface area contributed by atoms with Crippen LogP contribution in [0.5, 0.6) is 0 Å². The monoisotopic (exact) mass is 383 g/mol. The van der Waals surface area contributed by atoms with Crippen LogP contribution in [0.1, 0.15) is 36.9 Å². The Labute approximate surface area is 159 Å². The lowest BCUT2D eigenvalue weighted by Crippen LogP contribution is -2.28. The fourth-order valence-corrected chi connectivity index (χ4v) is 3.18. The van der Waals surface area contributed by atoms with Crippen LogP contribution in [-0.2, 0) is 4.79 Å². The van der Waals surface area contributed by atoms with Crippen molar-refractivity contribution in [3.05, 3.63) is 45.3 Å². The molecule has 0 aromatic carbocycles. The highest BCUT2D eigenvalue weighted by Crippen LogP contribution is 2.26. The Balaban J connectivity index is 1.91. The summed E-state index contributed by atoms with van der Waals surface area (Å²) < 4.78 is 1.28. The Bertz CT molecular complexity index is 1050. The van der Waals surface area contributed by atoms with Gasteiger partial charge in [0.2, 0.25) is 6.04 Å². The fourth-order valence-electron chi connectivity index (χ4n) is 3.18. The van der Waals surface area contributed by atoms with Crippen LogP contribution in [0.25, 0.3) is 5.65 Å². The number of nitriles is 1. The first-order chi connectivity index (χ1) is 13.4. The third kappa shape index (κ3) is 3.66. The van der Waals surface area contributed by atoms with Gasteiger partial charge in [-0.2, -0.15) is 14.9 Å². The molecule has 1 saturated carbocycles. The summed E-state index contributed by atoms with van der Waals surface area (Å²) in [5, 5.41) is 39.2. The smallest absolute Gasteiger partial charge is 0.278 e. The highest BCUT2D eigenvalue weighted by atomic mass is 16.6. The number of hydrogen-bond donors (Lipinski definition) is 2. The Morgan fingerprint density at radius 3 is 3.04 bits per heavy atom. The van der Waals surface area contributed by atoms with Crippen LogP contribution in [-0.4, -0.2) is 42.4 Å². The van der Waals surface area contributed by atoms with Crippen molar-refractivity contribution in [2.24, 2.45) is 5.16 Å². The maximum atomic E-state index is 12.6. The van der Waals surface area contributed by atoms with Crippen molar-refractivity contribution in [3.8, 4) is 6.07 Å². The summed E-state index contributed by atoms with van der Waals surface area (Å²) in [4.78, 5) is 27.6. The van der Waals surface area contributed by atoms with Gasteiger partial charge < -0.3 is 10.5 Å². The van der Waals surface area contributed by atoms with E-state index >= 15 is 0 Å². The van der Waals surface area contributed by atoms with E-state index in [1.54, 1.807) is 13.0 Å². The number of aromatic nitrogens is 3. The minimum Gasteiger partial charge on any atom is -0.410 e. The average molecular weight is 383 g/mol. The van der Waals surface area contributed by atoms with Gasteiger partial charge in [0.15, 0.2) is 11.4 Å². The first-order valence-electron chi connectivity index (χ1n) is 8.57. The second kappa shape index (κ2) is 7.83. The predicted molar refractivity (Wildman–Crippen MR) is 97.6 cm³/mol. The van der Waals surface area contributed by atoms with Crippen molar-refractivity contribution in [1.82, 2.24) is 14.6 Å². The van der Waals surface area contributed by atoms with Crippen molar-refractivity contribution in [2.75, 3.05) is 5.32 Å². The van der Waals surface area contributed by atoms with Crippen molar-refractivity contribution in [3.63, 3.8) is 0 Å². The van der Waals surface area contributed by atoms with Crippen molar-refractivity contribution >= 4 is 23.1 Å². The fraction of sp³-hybridized carbons (Fsp3) is 0.353. The number of fused-ring (bicyclic) bond motifs is 1. The molecule has 1 fully saturated rings. The molecule has 1 amide bonds. The minimum atomic E-state index is -0.891. The lowest BCUT2D eigenvalue weighted by molar-refractivity contribution is -0.514. The third-order valence-electron chi connectivity index (χ3n) is 4.50. The van der Waals surface area contributed by atoms with Crippen molar-refractivity contribution < 1.29 is 14.9 Å². The summed E-state index contributed by atoms with van der Waals surface area (Å²) >= 11 is 0. The van der Waals surface area contributed by atoms with Crippen LogP contribution in [0.2, 0.25) is 0 Å². The van der Waals surface area contributed by atoms with Crippen LogP contribution in [0.4, 0.5) is 5.82 Å². The van der Waals surface area contributed by atoms with E-state index in [0.29, 0.717) is 24.1 Å². The molecule has 11 nitrogen and oxygen atoms in total.